The molecule has 0 unspecified atom stereocenters. The molecule has 15 heavy (non-hydrogen) atoms. The predicted octanol–water partition coefficient (Wildman–Crippen LogP) is 2.52. The van der Waals surface area contributed by atoms with E-state index in [2.05, 4.69) is 39.5 Å². The SMILES string of the molecule is CC(C)(C)[C@@H]1CCCN(C(C)(C)CO)C1. The van der Waals surface area contributed by atoms with E-state index in [1.165, 1.54) is 12.8 Å². The zero-order valence-electron chi connectivity index (χ0n) is 11.0. The molecule has 0 radical (unpaired) electrons. The van der Waals surface area contributed by atoms with Gasteiger partial charge in [-0.05, 0) is 44.6 Å². The fourth-order valence-corrected chi connectivity index (χ4v) is 2.33. The van der Waals surface area contributed by atoms with Gasteiger partial charge in [0.25, 0.3) is 0 Å². The molecule has 1 fully saturated rings. The highest BCUT2D eigenvalue weighted by atomic mass is 16.3. The van der Waals surface area contributed by atoms with Gasteiger partial charge >= 0.3 is 0 Å². The minimum absolute atomic E-state index is 0.0517. The molecule has 0 spiro atoms. The molecule has 0 aromatic rings. The first kappa shape index (κ1) is 13.0. The topological polar surface area (TPSA) is 23.5 Å². The van der Waals surface area contributed by atoms with Crippen molar-refractivity contribution in [1.82, 2.24) is 4.90 Å². The summed E-state index contributed by atoms with van der Waals surface area (Å²) >= 11 is 0. The standard InChI is InChI=1S/C13H27NO/c1-12(2,3)11-7-6-8-14(9-11)13(4,5)10-15/h11,15H,6-10H2,1-5H3/t11-/m1/s1. The molecule has 0 bridgehead atoms. The Morgan fingerprint density at radius 2 is 1.80 bits per heavy atom. The summed E-state index contributed by atoms with van der Waals surface area (Å²) in [5, 5.41) is 9.39. The molecule has 0 saturated carbocycles. The number of nitrogens with zero attached hydrogens (tertiary/aromatic N) is 1. The minimum atomic E-state index is -0.0517. The molecule has 1 atom stereocenters. The first-order valence-electron chi connectivity index (χ1n) is 6.13. The molecule has 0 aromatic carbocycles. The van der Waals surface area contributed by atoms with Crippen molar-refractivity contribution in [3.05, 3.63) is 0 Å². The van der Waals surface area contributed by atoms with E-state index in [0.717, 1.165) is 19.0 Å². The predicted molar refractivity (Wildman–Crippen MR) is 64.9 cm³/mol. The summed E-state index contributed by atoms with van der Waals surface area (Å²) in [7, 11) is 0. The number of aliphatic hydroxyl groups is 1. The number of hydrogen-bond donors (Lipinski definition) is 1. The molecule has 1 rings (SSSR count). The number of likely N-dealkylation sites (tertiary alicyclic amines) is 1. The van der Waals surface area contributed by atoms with Crippen molar-refractivity contribution in [3.8, 4) is 0 Å². The maximum Gasteiger partial charge on any atom is 0.0610 e. The van der Waals surface area contributed by atoms with E-state index in [4.69, 9.17) is 0 Å². The molecule has 1 N–H and O–H groups in total. The Morgan fingerprint density at radius 1 is 1.20 bits per heavy atom. The normalized spacial score (nSPS) is 25.6. The summed E-state index contributed by atoms with van der Waals surface area (Å²) in [5.74, 6) is 0.761. The van der Waals surface area contributed by atoms with Gasteiger partial charge in [-0.2, -0.15) is 0 Å². The van der Waals surface area contributed by atoms with Crippen LogP contribution in [0.4, 0.5) is 0 Å². The van der Waals surface area contributed by atoms with Crippen LogP contribution in [0.1, 0.15) is 47.5 Å². The van der Waals surface area contributed by atoms with Gasteiger partial charge in [0.2, 0.25) is 0 Å². The summed E-state index contributed by atoms with van der Waals surface area (Å²) in [6.45, 7) is 13.8. The number of rotatable bonds is 2. The highest BCUT2D eigenvalue weighted by Gasteiger charge is 2.35. The van der Waals surface area contributed by atoms with Crippen molar-refractivity contribution in [2.75, 3.05) is 19.7 Å². The van der Waals surface area contributed by atoms with Crippen molar-refractivity contribution < 1.29 is 5.11 Å². The van der Waals surface area contributed by atoms with Gasteiger partial charge in [0, 0.05) is 12.1 Å². The van der Waals surface area contributed by atoms with Crippen molar-refractivity contribution in [3.63, 3.8) is 0 Å². The fraction of sp³-hybridized carbons (Fsp3) is 1.00. The molecular weight excluding hydrogens is 186 g/mol. The van der Waals surface area contributed by atoms with Crippen LogP contribution in [-0.4, -0.2) is 35.2 Å². The van der Waals surface area contributed by atoms with Gasteiger partial charge in [-0.1, -0.05) is 20.8 Å². The Hall–Kier alpha value is -0.0800. The van der Waals surface area contributed by atoms with Crippen molar-refractivity contribution >= 4 is 0 Å². The molecule has 2 heteroatoms. The monoisotopic (exact) mass is 213 g/mol. The van der Waals surface area contributed by atoms with Crippen LogP contribution in [0, 0.1) is 11.3 Å². The molecular formula is C13H27NO. The molecule has 0 aromatic heterocycles. The van der Waals surface area contributed by atoms with E-state index < -0.39 is 0 Å². The van der Waals surface area contributed by atoms with E-state index in [0.29, 0.717) is 5.41 Å². The second kappa shape index (κ2) is 4.42. The lowest BCUT2D eigenvalue weighted by Crippen LogP contribution is -2.53. The summed E-state index contributed by atoms with van der Waals surface area (Å²) in [6.07, 6.45) is 2.60. The maximum atomic E-state index is 9.39. The first-order valence-corrected chi connectivity index (χ1v) is 6.13. The summed E-state index contributed by atoms with van der Waals surface area (Å²) < 4.78 is 0. The second-order valence-electron chi connectivity index (χ2n) is 6.62. The van der Waals surface area contributed by atoms with Crippen LogP contribution in [-0.2, 0) is 0 Å². The van der Waals surface area contributed by atoms with Crippen LogP contribution in [0.15, 0.2) is 0 Å². The summed E-state index contributed by atoms with van der Waals surface area (Å²) in [4.78, 5) is 2.45. The highest BCUT2D eigenvalue weighted by molar-refractivity contribution is 4.88. The Morgan fingerprint density at radius 3 is 2.27 bits per heavy atom. The average molecular weight is 213 g/mol. The zero-order valence-corrected chi connectivity index (χ0v) is 11.0. The molecule has 1 heterocycles. The third-order valence-corrected chi connectivity index (χ3v) is 3.89. The summed E-state index contributed by atoms with van der Waals surface area (Å²) in [5.41, 5.74) is 0.341. The third kappa shape index (κ3) is 3.18. The average Bonchev–Trinajstić information content (AvgIpc) is 2.17. The van der Waals surface area contributed by atoms with Crippen LogP contribution < -0.4 is 0 Å². The quantitative estimate of drug-likeness (QED) is 0.762. The smallest absolute Gasteiger partial charge is 0.0610 e. The highest BCUT2D eigenvalue weighted by Crippen LogP contribution is 2.35. The third-order valence-electron chi connectivity index (χ3n) is 3.89. The largest absolute Gasteiger partial charge is 0.394 e. The number of hydrogen-bond acceptors (Lipinski definition) is 2. The van der Waals surface area contributed by atoms with Crippen LogP contribution in [0.3, 0.4) is 0 Å². The number of piperidine rings is 1. The van der Waals surface area contributed by atoms with Crippen LogP contribution >= 0.6 is 0 Å². The Bertz CT molecular complexity index is 205. The lowest BCUT2D eigenvalue weighted by atomic mass is 9.75. The van der Waals surface area contributed by atoms with Gasteiger partial charge in [-0.15, -0.1) is 0 Å². The molecule has 1 aliphatic rings. The lowest BCUT2D eigenvalue weighted by molar-refractivity contribution is 0.000566. The molecule has 1 saturated heterocycles. The van der Waals surface area contributed by atoms with Gasteiger partial charge < -0.3 is 5.11 Å². The Kier molecular flexibility index (Phi) is 3.83. The fourth-order valence-electron chi connectivity index (χ4n) is 2.33. The molecule has 2 nitrogen and oxygen atoms in total. The van der Waals surface area contributed by atoms with Crippen LogP contribution in [0.5, 0.6) is 0 Å². The second-order valence-corrected chi connectivity index (χ2v) is 6.62. The molecule has 1 aliphatic heterocycles. The van der Waals surface area contributed by atoms with Crippen molar-refractivity contribution in [2.45, 2.75) is 53.0 Å². The van der Waals surface area contributed by atoms with E-state index in [9.17, 15) is 5.11 Å². The summed E-state index contributed by atoms with van der Waals surface area (Å²) in [6, 6.07) is 0. The van der Waals surface area contributed by atoms with Gasteiger partial charge in [-0.25, -0.2) is 0 Å². The zero-order chi connectivity index (χ0) is 11.7. The van der Waals surface area contributed by atoms with Gasteiger partial charge in [0.1, 0.15) is 0 Å². The van der Waals surface area contributed by atoms with Gasteiger partial charge in [0.05, 0.1) is 6.61 Å². The maximum absolute atomic E-state index is 9.39. The van der Waals surface area contributed by atoms with Crippen molar-refractivity contribution in [2.24, 2.45) is 11.3 Å². The lowest BCUT2D eigenvalue weighted by Gasteiger charge is -2.46. The van der Waals surface area contributed by atoms with E-state index in [1.807, 2.05) is 0 Å². The Balaban J connectivity index is 2.64. The minimum Gasteiger partial charge on any atom is -0.394 e. The van der Waals surface area contributed by atoms with Gasteiger partial charge in [0.15, 0.2) is 0 Å². The molecule has 0 amide bonds. The van der Waals surface area contributed by atoms with Crippen LogP contribution in [0.2, 0.25) is 0 Å². The Labute approximate surface area is 94.7 Å². The van der Waals surface area contributed by atoms with E-state index >= 15 is 0 Å². The van der Waals surface area contributed by atoms with Crippen LogP contribution in [0.25, 0.3) is 0 Å². The van der Waals surface area contributed by atoms with E-state index in [-0.39, 0.29) is 12.1 Å². The van der Waals surface area contributed by atoms with E-state index in [1.54, 1.807) is 0 Å². The number of aliphatic hydroxyl groups excluding tert-OH is 1. The molecule has 90 valence electrons. The molecule has 0 aliphatic carbocycles. The van der Waals surface area contributed by atoms with Gasteiger partial charge in [-0.3, -0.25) is 4.90 Å². The first-order chi connectivity index (χ1) is 6.77. The van der Waals surface area contributed by atoms with Crippen molar-refractivity contribution in [1.29, 1.82) is 0 Å².